The van der Waals surface area contributed by atoms with Gasteiger partial charge in [0.1, 0.15) is 5.82 Å². The van der Waals surface area contributed by atoms with Gasteiger partial charge in [0.25, 0.3) is 0 Å². The first-order valence-electron chi connectivity index (χ1n) is 6.17. The van der Waals surface area contributed by atoms with Crippen LogP contribution in [0.3, 0.4) is 0 Å². The Balaban J connectivity index is 1.99. The number of halogens is 2. The highest BCUT2D eigenvalue weighted by Gasteiger charge is 2.29. The third-order valence-electron chi connectivity index (χ3n) is 3.59. The molecular formula is C12H13FIN3O2S. The number of aromatic nitrogens is 2. The molecule has 5 nitrogen and oxygen atoms in total. The van der Waals surface area contributed by atoms with E-state index in [1.165, 1.54) is 6.07 Å². The number of benzene rings is 1. The minimum absolute atomic E-state index is 0.0158. The van der Waals surface area contributed by atoms with Gasteiger partial charge in [-0.1, -0.05) is 0 Å². The van der Waals surface area contributed by atoms with Gasteiger partial charge in [0.2, 0.25) is 5.95 Å². The van der Waals surface area contributed by atoms with Gasteiger partial charge in [-0.2, -0.15) is 0 Å². The number of anilines is 1. The van der Waals surface area contributed by atoms with E-state index < -0.39 is 9.84 Å². The van der Waals surface area contributed by atoms with Crippen LogP contribution in [-0.2, 0) is 16.4 Å². The summed E-state index contributed by atoms with van der Waals surface area (Å²) < 4.78 is 38.9. The van der Waals surface area contributed by atoms with Crippen LogP contribution in [0.15, 0.2) is 12.1 Å². The number of imidazole rings is 1. The van der Waals surface area contributed by atoms with E-state index in [1.54, 1.807) is 10.6 Å². The van der Waals surface area contributed by atoms with Crippen LogP contribution in [0.2, 0.25) is 0 Å². The first-order chi connectivity index (χ1) is 9.35. The highest BCUT2D eigenvalue weighted by Crippen LogP contribution is 2.27. The van der Waals surface area contributed by atoms with E-state index >= 15 is 0 Å². The van der Waals surface area contributed by atoms with E-state index in [1.807, 2.05) is 22.6 Å². The van der Waals surface area contributed by atoms with E-state index in [0.717, 1.165) is 0 Å². The molecule has 1 aliphatic heterocycles. The molecule has 1 aliphatic rings. The van der Waals surface area contributed by atoms with Crippen LogP contribution in [-0.4, -0.2) is 29.5 Å². The topological polar surface area (TPSA) is 78.0 Å². The van der Waals surface area contributed by atoms with Gasteiger partial charge in [-0.05, 0) is 41.0 Å². The van der Waals surface area contributed by atoms with Gasteiger partial charge in [0.05, 0.1) is 26.1 Å². The van der Waals surface area contributed by atoms with Gasteiger partial charge in [0, 0.05) is 12.6 Å². The summed E-state index contributed by atoms with van der Waals surface area (Å²) in [7, 11) is -2.93. The van der Waals surface area contributed by atoms with Crippen LogP contribution >= 0.6 is 22.6 Å². The van der Waals surface area contributed by atoms with Crippen LogP contribution in [0.4, 0.5) is 10.3 Å². The van der Waals surface area contributed by atoms with Crippen LogP contribution in [0.5, 0.6) is 0 Å². The molecular weight excluding hydrogens is 396 g/mol. The molecule has 3 rings (SSSR count). The molecule has 0 radical (unpaired) electrons. The molecule has 0 spiro atoms. The molecule has 0 saturated carbocycles. The Morgan fingerprint density at radius 1 is 1.50 bits per heavy atom. The van der Waals surface area contributed by atoms with Crippen molar-refractivity contribution in [2.45, 2.75) is 13.0 Å². The Bertz CT molecular complexity index is 788. The summed E-state index contributed by atoms with van der Waals surface area (Å²) in [4.78, 5) is 4.21. The third kappa shape index (κ3) is 2.50. The maximum atomic E-state index is 13.7. The highest BCUT2D eigenvalue weighted by molar-refractivity contribution is 14.1. The molecule has 1 fully saturated rings. The van der Waals surface area contributed by atoms with Crippen LogP contribution < -0.4 is 5.73 Å². The zero-order chi connectivity index (χ0) is 14.5. The Labute approximate surface area is 129 Å². The summed E-state index contributed by atoms with van der Waals surface area (Å²) in [6, 6.07) is 3.05. The van der Waals surface area contributed by atoms with Crippen molar-refractivity contribution in [2.75, 3.05) is 17.2 Å². The number of hydrogen-bond acceptors (Lipinski definition) is 4. The first-order valence-corrected chi connectivity index (χ1v) is 9.07. The van der Waals surface area contributed by atoms with E-state index in [-0.39, 0.29) is 23.2 Å². The summed E-state index contributed by atoms with van der Waals surface area (Å²) in [5, 5.41) is 0. The van der Waals surface area contributed by atoms with Gasteiger partial charge in [-0.3, -0.25) is 0 Å². The molecule has 0 aliphatic carbocycles. The molecule has 20 heavy (non-hydrogen) atoms. The Morgan fingerprint density at radius 3 is 2.90 bits per heavy atom. The smallest absolute Gasteiger partial charge is 0.201 e. The van der Waals surface area contributed by atoms with Gasteiger partial charge in [0.15, 0.2) is 9.84 Å². The maximum absolute atomic E-state index is 13.7. The standard InChI is InChI=1S/C12H13FIN3O2S/c13-8-3-11-10(4-9(8)14)16-12(15)17(11)5-7-1-2-20(18,19)6-7/h3-4,7H,1-2,5-6H2,(H2,15,16). The predicted octanol–water partition coefficient (Wildman–Crippen LogP) is 1.80. The second-order valence-electron chi connectivity index (χ2n) is 5.10. The normalized spacial score (nSPS) is 21.6. The van der Waals surface area contributed by atoms with E-state index in [4.69, 9.17) is 5.73 Å². The number of fused-ring (bicyclic) bond motifs is 1. The number of nitrogens with zero attached hydrogens (tertiary/aromatic N) is 2. The number of hydrogen-bond donors (Lipinski definition) is 1. The third-order valence-corrected chi connectivity index (χ3v) is 6.25. The zero-order valence-electron chi connectivity index (χ0n) is 10.5. The van der Waals surface area contributed by atoms with E-state index in [0.29, 0.717) is 33.5 Å². The lowest BCUT2D eigenvalue weighted by atomic mass is 10.1. The molecule has 2 heterocycles. The molecule has 2 aromatic rings. The molecule has 1 aromatic carbocycles. The van der Waals surface area contributed by atoms with E-state index in [9.17, 15) is 12.8 Å². The maximum Gasteiger partial charge on any atom is 0.201 e. The molecule has 1 atom stereocenters. The molecule has 1 saturated heterocycles. The minimum Gasteiger partial charge on any atom is -0.369 e. The average Bonchev–Trinajstić information content (AvgIpc) is 2.83. The SMILES string of the molecule is Nc1nc2cc(I)c(F)cc2n1CC1CCS(=O)(=O)C1. The summed E-state index contributed by atoms with van der Waals surface area (Å²) >= 11 is 1.90. The average molecular weight is 409 g/mol. The molecule has 1 unspecified atom stereocenters. The minimum atomic E-state index is -2.93. The van der Waals surface area contributed by atoms with Crippen LogP contribution in [0.1, 0.15) is 6.42 Å². The van der Waals surface area contributed by atoms with Gasteiger partial charge < -0.3 is 10.3 Å². The lowest BCUT2D eigenvalue weighted by Gasteiger charge is -2.11. The monoisotopic (exact) mass is 409 g/mol. The Hall–Kier alpha value is -0.900. The number of nitrogen functional groups attached to an aromatic ring is 1. The number of nitrogens with two attached hydrogens (primary N) is 1. The Morgan fingerprint density at radius 2 is 2.25 bits per heavy atom. The molecule has 0 bridgehead atoms. The molecule has 2 N–H and O–H groups in total. The molecule has 1 aromatic heterocycles. The van der Waals surface area contributed by atoms with Crippen molar-refractivity contribution in [3.8, 4) is 0 Å². The van der Waals surface area contributed by atoms with Crippen molar-refractivity contribution in [1.29, 1.82) is 0 Å². The lowest BCUT2D eigenvalue weighted by Crippen LogP contribution is -2.14. The van der Waals surface area contributed by atoms with Crippen molar-refractivity contribution in [2.24, 2.45) is 5.92 Å². The van der Waals surface area contributed by atoms with Crippen molar-refractivity contribution in [3.63, 3.8) is 0 Å². The van der Waals surface area contributed by atoms with Crippen LogP contribution in [0, 0.1) is 15.3 Å². The summed E-state index contributed by atoms with van der Waals surface area (Å²) in [5.74, 6) is 0.376. The quantitative estimate of drug-likeness (QED) is 0.768. The summed E-state index contributed by atoms with van der Waals surface area (Å²) in [5.41, 5.74) is 7.13. The largest absolute Gasteiger partial charge is 0.369 e. The summed E-state index contributed by atoms with van der Waals surface area (Å²) in [6.45, 7) is 0.460. The Kier molecular flexibility index (Phi) is 3.39. The number of rotatable bonds is 2. The van der Waals surface area contributed by atoms with Crippen molar-refractivity contribution in [1.82, 2.24) is 9.55 Å². The second-order valence-corrected chi connectivity index (χ2v) is 8.50. The fraction of sp³-hybridized carbons (Fsp3) is 0.417. The zero-order valence-corrected chi connectivity index (χ0v) is 13.5. The van der Waals surface area contributed by atoms with Crippen molar-refractivity contribution >= 4 is 49.4 Å². The fourth-order valence-electron chi connectivity index (χ4n) is 2.60. The number of sulfone groups is 1. The fourth-order valence-corrected chi connectivity index (χ4v) is 4.90. The molecule has 8 heteroatoms. The van der Waals surface area contributed by atoms with Gasteiger partial charge in [-0.15, -0.1) is 0 Å². The lowest BCUT2D eigenvalue weighted by molar-refractivity contribution is 0.502. The highest BCUT2D eigenvalue weighted by atomic mass is 127. The summed E-state index contributed by atoms with van der Waals surface area (Å²) in [6.07, 6.45) is 0.619. The van der Waals surface area contributed by atoms with Crippen LogP contribution in [0.25, 0.3) is 11.0 Å². The molecule has 0 amide bonds. The van der Waals surface area contributed by atoms with E-state index in [2.05, 4.69) is 4.98 Å². The molecule has 108 valence electrons. The predicted molar refractivity (Wildman–Crippen MR) is 83.6 cm³/mol. The van der Waals surface area contributed by atoms with Gasteiger partial charge >= 0.3 is 0 Å². The van der Waals surface area contributed by atoms with Crippen molar-refractivity contribution < 1.29 is 12.8 Å². The van der Waals surface area contributed by atoms with Gasteiger partial charge in [-0.25, -0.2) is 17.8 Å². The first kappa shape index (κ1) is 14.1. The second kappa shape index (κ2) is 4.83. The van der Waals surface area contributed by atoms with Crippen molar-refractivity contribution in [3.05, 3.63) is 21.5 Å².